The molecule has 1 aromatic rings. The smallest absolute Gasteiger partial charge is 0.164 e. The summed E-state index contributed by atoms with van der Waals surface area (Å²) in [5, 5.41) is 3.12. The molecule has 0 aromatic heterocycles. The molecule has 1 N–H and O–H groups in total. The zero-order valence-corrected chi connectivity index (χ0v) is 10.6. The van der Waals surface area contributed by atoms with Crippen molar-refractivity contribution in [2.24, 2.45) is 0 Å². The molecular weight excluding hydrogens is 221 g/mol. The molecule has 0 radical (unpaired) electrons. The fourth-order valence-corrected chi connectivity index (χ4v) is 1.75. The van der Waals surface area contributed by atoms with Crippen molar-refractivity contribution in [3.8, 4) is 0 Å². The Kier molecular flexibility index (Phi) is 4.63. The van der Waals surface area contributed by atoms with Crippen LogP contribution in [0.15, 0.2) is 12.1 Å². The van der Waals surface area contributed by atoms with E-state index in [1.807, 2.05) is 13.8 Å². The van der Waals surface area contributed by atoms with Gasteiger partial charge in [0.25, 0.3) is 0 Å². The number of ketones is 1. The second-order valence-electron chi connectivity index (χ2n) is 4.17. The molecule has 1 aromatic carbocycles. The minimum atomic E-state index is -0.491. The van der Waals surface area contributed by atoms with Crippen LogP contribution in [0.1, 0.15) is 29.8 Å². The molecule has 0 spiro atoms. The van der Waals surface area contributed by atoms with Crippen LogP contribution in [0.4, 0.5) is 10.1 Å². The Balaban J connectivity index is 3.12. The zero-order chi connectivity index (χ0) is 13.0. The van der Waals surface area contributed by atoms with E-state index < -0.39 is 5.82 Å². The van der Waals surface area contributed by atoms with Crippen LogP contribution in [0.3, 0.4) is 0 Å². The molecule has 0 bridgehead atoms. The third kappa shape index (κ3) is 3.27. The van der Waals surface area contributed by atoms with Gasteiger partial charge in [-0.2, -0.15) is 0 Å². The number of aryl methyl sites for hydroxylation is 1. The summed E-state index contributed by atoms with van der Waals surface area (Å²) < 4.78 is 18.6. The second-order valence-corrected chi connectivity index (χ2v) is 4.17. The van der Waals surface area contributed by atoms with Crippen LogP contribution in [0.5, 0.6) is 0 Å². The average molecular weight is 239 g/mol. The van der Waals surface area contributed by atoms with E-state index in [1.165, 1.54) is 13.0 Å². The predicted octanol–water partition coefficient (Wildman–Crippen LogP) is 2.78. The zero-order valence-electron chi connectivity index (χ0n) is 10.6. The summed E-state index contributed by atoms with van der Waals surface area (Å²) in [4.78, 5) is 11.5. The molecular formula is C13H18FNO2. The number of anilines is 1. The van der Waals surface area contributed by atoms with Crippen LogP contribution < -0.4 is 5.32 Å². The van der Waals surface area contributed by atoms with Crippen molar-refractivity contribution in [3.63, 3.8) is 0 Å². The minimum Gasteiger partial charge on any atom is -0.383 e. The lowest BCUT2D eigenvalue weighted by Crippen LogP contribution is -2.23. The molecule has 1 rings (SSSR count). The van der Waals surface area contributed by atoms with Gasteiger partial charge in [0.2, 0.25) is 0 Å². The van der Waals surface area contributed by atoms with E-state index >= 15 is 0 Å². The number of hydrogen-bond acceptors (Lipinski definition) is 3. The average Bonchev–Trinajstić information content (AvgIpc) is 2.23. The molecule has 0 heterocycles. The van der Waals surface area contributed by atoms with E-state index in [1.54, 1.807) is 13.2 Å². The largest absolute Gasteiger partial charge is 0.383 e. The Hall–Kier alpha value is -1.42. The number of carbonyl (C=O) groups is 1. The number of benzene rings is 1. The number of Topliss-reactive ketones (excluding diaryl/α,β-unsaturated/α-hetero) is 1. The van der Waals surface area contributed by atoms with Gasteiger partial charge in [-0.05, 0) is 32.4 Å². The highest BCUT2D eigenvalue weighted by Crippen LogP contribution is 2.24. The number of methoxy groups -OCH3 is 1. The fraction of sp³-hybridized carbons (Fsp3) is 0.462. The van der Waals surface area contributed by atoms with Crippen LogP contribution in [-0.4, -0.2) is 25.5 Å². The molecule has 3 nitrogen and oxygen atoms in total. The van der Waals surface area contributed by atoms with Gasteiger partial charge in [-0.25, -0.2) is 4.39 Å². The summed E-state index contributed by atoms with van der Waals surface area (Å²) in [6.45, 7) is 5.61. The molecule has 0 saturated carbocycles. The molecule has 0 fully saturated rings. The number of ether oxygens (including phenoxy) is 1. The van der Waals surface area contributed by atoms with E-state index in [9.17, 15) is 9.18 Å². The van der Waals surface area contributed by atoms with E-state index in [0.717, 1.165) is 5.56 Å². The van der Waals surface area contributed by atoms with E-state index in [4.69, 9.17) is 4.74 Å². The summed E-state index contributed by atoms with van der Waals surface area (Å²) >= 11 is 0. The first-order valence-corrected chi connectivity index (χ1v) is 5.52. The Morgan fingerprint density at radius 2 is 2.18 bits per heavy atom. The van der Waals surface area contributed by atoms with Crippen molar-refractivity contribution < 1.29 is 13.9 Å². The summed E-state index contributed by atoms with van der Waals surface area (Å²) in [6.07, 6.45) is 0. The van der Waals surface area contributed by atoms with Gasteiger partial charge in [0, 0.05) is 13.2 Å². The molecule has 0 amide bonds. The van der Waals surface area contributed by atoms with Crippen LogP contribution in [0.2, 0.25) is 0 Å². The van der Waals surface area contributed by atoms with E-state index in [2.05, 4.69) is 5.32 Å². The molecule has 0 saturated heterocycles. The lowest BCUT2D eigenvalue weighted by molar-refractivity contribution is 0.101. The van der Waals surface area contributed by atoms with Crippen LogP contribution >= 0.6 is 0 Å². The van der Waals surface area contributed by atoms with Gasteiger partial charge < -0.3 is 10.1 Å². The normalized spacial score (nSPS) is 12.3. The van der Waals surface area contributed by atoms with Gasteiger partial charge in [0.1, 0.15) is 5.82 Å². The molecule has 1 atom stereocenters. The maximum atomic E-state index is 13.6. The Bertz CT molecular complexity index is 418. The van der Waals surface area contributed by atoms with E-state index in [0.29, 0.717) is 12.3 Å². The Morgan fingerprint density at radius 1 is 1.53 bits per heavy atom. The standard InChI is InChI=1S/C13H18FNO2/c1-8-5-6-11(14)12(10(3)16)13(8)15-9(2)7-17-4/h5-6,9,15H,7H2,1-4H3/t9-/m0/s1. The molecule has 0 aliphatic heterocycles. The Labute approximate surface area is 101 Å². The summed E-state index contributed by atoms with van der Waals surface area (Å²) in [5.74, 6) is -0.770. The van der Waals surface area contributed by atoms with Gasteiger partial charge in [-0.3, -0.25) is 4.79 Å². The quantitative estimate of drug-likeness (QED) is 0.803. The third-order valence-corrected chi connectivity index (χ3v) is 2.52. The van der Waals surface area contributed by atoms with Gasteiger partial charge in [0.15, 0.2) is 5.78 Å². The molecule has 0 aliphatic rings. The maximum absolute atomic E-state index is 13.6. The number of rotatable bonds is 5. The van der Waals surface area contributed by atoms with Crippen molar-refractivity contribution in [2.75, 3.05) is 19.0 Å². The number of carbonyl (C=O) groups excluding carboxylic acids is 1. The number of hydrogen-bond donors (Lipinski definition) is 1. The molecule has 0 unspecified atom stereocenters. The van der Waals surface area contributed by atoms with Crippen molar-refractivity contribution in [1.82, 2.24) is 0 Å². The summed E-state index contributed by atoms with van der Waals surface area (Å²) in [6, 6.07) is 2.99. The SMILES string of the molecule is COC[C@H](C)Nc1c(C)ccc(F)c1C(C)=O. The first-order chi connectivity index (χ1) is 7.97. The topological polar surface area (TPSA) is 38.3 Å². The van der Waals surface area contributed by atoms with Gasteiger partial charge >= 0.3 is 0 Å². The monoisotopic (exact) mass is 239 g/mol. The second kappa shape index (κ2) is 5.77. The highest BCUT2D eigenvalue weighted by molar-refractivity contribution is 6.00. The molecule has 17 heavy (non-hydrogen) atoms. The molecule has 0 aliphatic carbocycles. The first-order valence-electron chi connectivity index (χ1n) is 5.52. The lowest BCUT2D eigenvalue weighted by atomic mass is 10.0. The third-order valence-electron chi connectivity index (χ3n) is 2.52. The summed E-state index contributed by atoms with van der Waals surface area (Å²) in [7, 11) is 1.60. The van der Waals surface area contributed by atoms with Crippen molar-refractivity contribution in [1.29, 1.82) is 0 Å². The Morgan fingerprint density at radius 3 is 2.71 bits per heavy atom. The molecule has 94 valence electrons. The highest BCUT2D eigenvalue weighted by atomic mass is 19.1. The maximum Gasteiger partial charge on any atom is 0.164 e. The number of halogens is 1. The lowest BCUT2D eigenvalue weighted by Gasteiger charge is -2.19. The van der Waals surface area contributed by atoms with Crippen LogP contribution in [0.25, 0.3) is 0 Å². The van der Waals surface area contributed by atoms with Crippen molar-refractivity contribution in [3.05, 3.63) is 29.1 Å². The van der Waals surface area contributed by atoms with Crippen molar-refractivity contribution >= 4 is 11.5 Å². The van der Waals surface area contributed by atoms with Gasteiger partial charge in [0.05, 0.1) is 17.9 Å². The van der Waals surface area contributed by atoms with Crippen LogP contribution in [-0.2, 0) is 4.74 Å². The molecule has 4 heteroatoms. The first kappa shape index (κ1) is 13.6. The van der Waals surface area contributed by atoms with Crippen molar-refractivity contribution in [2.45, 2.75) is 26.8 Å². The fourth-order valence-electron chi connectivity index (χ4n) is 1.75. The van der Waals surface area contributed by atoms with Crippen LogP contribution in [0, 0.1) is 12.7 Å². The van der Waals surface area contributed by atoms with Gasteiger partial charge in [-0.15, -0.1) is 0 Å². The van der Waals surface area contributed by atoms with E-state index in [-0.39, 0.29) is 17.4 Å². The van der Waals surface area contributed by atoms with Gasteiger partial charge in [-0.1, -0.05) is 6.07 Å². The summed E-state index contributed by atoms with van der Waals surface area (Å²) in [5.41, 5.74) is 1.52. The predicted molar refractivity (Wildman–Crippen MR) is 66.1 cm³/mol. The number of nitrogens with one attached hydrogen (secondary N) is 1. The highest BCUT2D eigenvalue weighted by Gasteiger charge is 2.16. The minimum absolute atomic E-state index is 0.0126.